The highest BCUT2D eigenvalue weighted by Gasteiger charge is 2.32. The number of carbonyl (C=O) groups is 1. The average molecular weight is 249 g/mol. The SMILES string of the molecule is CC1(C)CN(C(=O)c2cc(C3CC3)[nH]n2)CCO1. The second-order valence-electron chi connectivity index (χ2n) is 5.82. The maximum Gasteiger partial charge on any atom is 0.274 e. The van der Waals surface area contributed by atoms with Gasteiger partial charge in [-0.05, 0) is 32.8 Å². The Bertz CT molecular complexity index is 463. The van der Waals surface area contributed by atoms with Crippen LogP contribution in [0, 0.1) is 0 Å². The number of hydrogen-bond acceptors (Lipinski definition) is 3. The van der Waals surface area contributed by atoms with Gasteiger partial charge >= 0.3 is 0 Å². The van der Waals surface area contributed by atoms with Gasteiger partial charge in [-0.1, -0.05) is 0 Å². The number of rotatable bonds is 2. The molecule has 18 heavy (non-hydrogen) atoms. The Labute approximate surface area is 107 Å². The minimum Gasteiger partial charge on any atom is -0.372 e. The summed E-state index contributed by atoms with van der Waals surface area (Å²) in [7, 11) is 0. The maximum atomic E-state index is 12.3. The molecule has 1 aromatic heterocycles. The smallest absolute Gasteiger partial charge is 0.274 e. The Morgan fingerprint density at radius 1 is 1.56 bits per heavy atom. The van der Waals surface area contributed by atoms with Crippen LogP contribution in [0.15, 0.2) is 6.07 Å². The van der Waals surface area contributed by atoms with Crippen molar-refractivity contribution in [3.8, 4) is 0 Å². The molecule has 5 nitrogen and oxygen atoms in total. The molecule has 1 aromatic rings. The van der Waals surface area contributed by atoms with Gasteiger partial charge in [0.2, 0.25) is 0 Å². The Hall–Kier alpha value is -1.36. The largest absolute Gasteiger partial charge is 0.372 e. The van der Waals surface area contributed by atoms with Crippen molar-refractivity contribution in [1.29, 1.82) is 0 Å². The van der Waals surface area contributed by atoms with E-state index < -0.39 is 0 Å². The topological polar surface area (TPSA) is 58.2 Å². The number of aromatic nitrogens is 2. The molecule has 1 saturated heterocycles. The number of amides is 1. The molecule has 0 aromatic carbocycles. The van der Waals surface area contributed by atoms with Crippen LogP contribution in [0.2, 0.25) is 0 Å². The summed E-state index contributed by atoms with van der Waals surface area (Å²) >= 11 is 0. The predicted molar refractivity (Wildman–Crippen MR) is 66.5 cm³/mol. The number of ether oxygens (including phenoxy) is 1. The van der Waals surface area contributed by atoms with Gasteiger partial charge < -0.3 is 9.64 Å². The Kier molecular flexibility index (Phi) is 2.66. The summed E-state index contributed by atoms with van der Waals surface area (Å²) in [6, 6.07) is 1.91. The third-order valence-corrected chi connectivity index (χ3v) is 3.55. The van der Waals surface area contributed by atoms with Crippen molar-refractivity contribution in [2.75, 3.05) is 19.7 Å². The number of aromatic amines is 1. The lowest BCUT2D eigenvalue weighted by atomic mass is 10.1. The van der Waals surface area contributed by atoms with Crippen LogP contribution >= 0.6 is 0 Å². The molecule has 1 amide bonds. The molecule has 0 spiro atoms. The molecule has 0 radical (unpaired) electrons. The minimum atomic E-state index is -0.260. The number of morpholine rings is 1. The highest BCUT2D eigenvalue weighted by molar-refractivity contribution is 5.92. The zero-order valence-electron chi connectivity index (χ0n) is 10.9. The summed E-state index contributed by atoms with van der Waals surface area (Å²) in [4.78, 5) is 14.2. The van der Waals surface area contributed by atoms with E-state index in [4.69, 9.17) is 4.74 Å². The van der Waals surface area contributed by atoms with Gasteiger partial charge in [-0.3, -0.25) is 9.89 Å². The fourth-order valence-electron chi connectivity index (χ4n) is 2.40. The molecule has 0 unspecified atom stereocenters. The van der Waals surface area contributed by atoms with E-state index in [0.717, 1.165) is 5.69 Å². The molecule has 1 saturated carbocycles. The number of hydrogen-bond donors (Lipinski definition) is 1. The molecule has 0 bridgehead atoms. The van der Waals surface area contributed by atoms with E-state index >= 15 is 0 Å². The molecule has 1 aliphatic carbocycles. The number of nitrogens with zero attached hydrogens (tertiary/aromatic N) is 2. The average Bonchev–Trinajstić information content (AvgIpc) is 3.05. The van der Waals surface area contributed by atoms with Gasteiger partial charge in [0.15, 0.2) is 0 Å². The van der Waals surface area contributed by atoms with Crippen molar-refractivity contribution < 1.29 is 9.53 Å². The van der Waals surface area contributed by atoms with Crippen molar-refractivity contribution in [1.82, 2.24) is 15.1 Å². The lowest BCUT2D eigenvalue weighted by Gasteiger charge is -2.37. The summed E-state index contributed by atoms with van der Waals surface area (Å²) in [6.45, 7) is 5.88. The third kappa shape index (κ3) is 2.27. The first kappa shape index (κ1) is 11.7. The molecule has 1 N–H and O–H groups in total. The Morgan fingerprint density at radius 3 is 3.00 bits per heavy atom. The van der Waals surface area contributed by atoms with Crippen LogP contribution in [0.25, 0.3) is 0 Å². The monoisotopic (exact) mass is 249 g/mol. The van der Waals surface area contributed by atoms with E-state index in [9.17, 15) is 4.79 Å². The maximum absolute atomic E-state index is 12.3. The van der Waals surface area contributed by atoms with Crippen LogP contribution in [0.3, 0.4) is 0 Å². The molecule has 0 atom stereocenters. The van der Waals surface area contributed by atoms with E-state index in [2.05, 4.69) is 10.2 Å². The molecular weight excluding hydrogens is 230 g/mol. The summed E-state index contributed by atoms with van der Waals surface area (Å²) in [5.74, 6) is 0.606. The van der Waals surface area contributed by atoms with Crippen molar-refractivity contribution in [2.24, 2.45) is 0 Å². The minimum absolute atomic E-state index is 0.00882. The molecule has 1 aliphatic heterocycles. The molecule has 3 rings (SSSR count). The second kappa shape index (κ2) is 4.09. The highest BCUT2D eigenvalue weighted by atomic mass is 16.5. The van der Waals surface area contributed by atoms with Gasteiger partial charge in [0.25, 0.3) is 5.91 Å². The van der Waals surface area contributed by atoms with Crippen LogP contribution in [-0.4, -0.2) is 46.3 Å². The Morgan fingerprint density at radius 2 is 2.33 bits per heavy atom. The van der Waals surface area contributed by atoms with Crippen LogP contribution in [-0.2, 0) is 4.74 Å². The van der Waals surface area contributed by atoms with Crippen molar-refractivity contribution in [3.63, 3.8) is 0 Å². The van der Waals surface area contributed by atoms with Crippen LogP contribution in [0.4, 0.5) is 0 Å². The third-order valence-electron chi connectivity index (χ3n) is 3.55. The quantitative estimate of drug-likeness (QED) is 0.865. The number of carbonyl (C=O) groups excluding carboxylic acids is 1. The van der Waals surface area contributed by atoms with Crippen LogP contribution < -0.4 is 0 Å². The zero-order valence-corrected chi connectivity index (χ0v) is 10.9. The summed E-state index contributed by atoms with van der Waals surface area (Å²) in [5, 5.41) is 7.12. The Balaban J connectivity index is 1.72. The molecule has 98 valence electrons. The summed E-state index contributed by atoms with van der Waals surface area (Å²) in [5.41, 5.74) is 1.38. The first-order chi connectivity index (χ1) is 8.55. The lowest BCUT2D eigenvalue weighted by molar-refractivity contribution is -0.0765. The van der Waals surface area contributed by atoms with Gasteiger partial charge in [-0.2, -0.15) is 5.10 Å². The molecule has 2 aliphatic rings. The highest BCUT2D eigenvalue weighted by Crippen LogP contribution is 2.39. The van der Waals surface area contributed by atoms with Gasteiger partial charge in [-0.25, -0.2) is 0 Å². The summed E-state index contributed by atoms with van der Waals surface area (Å²) in [6.07, 6.45) is 2.42. The van der Waals surface area contributed by atoms with E-state index in [0.29, 0.717) is 31.3 Å². The van der Waals surface area contributed by atoms with Crippen LogP contribution in [0.1, 0.15) is 48.8 Å². The van der Waals surface area contributed by atoms with E-state index in [-0.39, 0.29) is 11.5 Å². The van der Waals surface area contributed by atoms with Gasteiger partial charge in [0.1, 0.15) is 5.69 Å². The van der Waals surface area contributed by atoms with Gasteiger partial charge in [0, 0.05) is 24.7 Å². The van der Waals surface area contributed by atoms with Crippen LogP contribution in [0.5, 0.6) is 0 Å². The zero-order chi connectivity index (χ0) is 12.8. The van der Waals surface area contributed by atoms with E-state index in [1.807, 2.05) is 24.8 Å². The van der Waals surface area contributed by atoms with Gasteiger partial charge in [-0.15, -0.1) is 0 Å². The fraction of sp³-hybridized carbons (Fsp3) is 0.692. The normalized spacial score (nSPS) is 23.1. The van der Waals surface area contributed by atoms with Crippen molar-refractivity contribution >= 4 is 5.91 Å². The lowest BCUT2D eigenvalue weighted by Crippen LogP contribution is -2.50. The van der Waals surface area contributed by atoms with Gasteiger partial charge in [0.05, 0.1) is 12.2 Å². The fourth-order valence-corrected chi connectivity index (χ4v) is 2.40. The summed E-state index contributed by atoms with van der Waals surface area (Å²) < 4.78 is 5.61. The second-order valence-corrected chi connectivity index (χ2v) is 5.82. The number of H-pyrrole nitrogens is 1. The molecular formula is C13H19N3O2. The van der Waals surface area contributed by atoms with Crippen molar-refractivity contribution in [3.05, 3.63) is 17.5 Å². The molecule has 2 fully saturated rings. The predicted octanol–water partition coefficient (Wildman–Crippen LogP) is 1.54. The first-order valence-electron chi connectivity index (χ1n) is 6.54. The molecule has 2 heterocycles. The first-order valence-corrected chi connectivity index (χ1v) is 6.54. The molecule has 5 heteroatoms. The van der Waals surface area contributed by atoms with E-state index in [1.54, 1.807) is 0 Å². The standard InChI is InChI=1S/C13H19N3O2/c1-13(2)8-16(5-6-18-13)12(17)11-7-10(14-15-11)9-3-4-9/h7,9H,3-6,8H2,1-2H3,(H,14,15). The number of nitrogens with one attached hydrogen (secondary N) is 1. The van der Waals surface area contributed by atoms with E-state index in [1.165, 1.54) is 12.8 Å². The van der Waals surface area contributed by atoms with Crippen molar-refractivity contribution in [2.45, 2.75) is 38.2 Å².